The third-order valence-corrected chi connectivity index (χ3v) is 1.93. The number of amidine groups is 1. The van der Waals surface area contributed by atoms with E-state index in [1.807, 2.05) is 19.3 Å². The molecule has 0 radical (unpaired) electrons. The van der Waals surface area contributed by atoms with Gasteiger partial charge in [0.15, 0.2) is 0 Å². The highest BCUT2D eigenvalue weighted by Crippen LogP contribution is 2.14. The van der Waals surface area contributed by atoms with Gasteiger partial charge in [0.25, 0.3) is 0 Å². The number of aliphatic imine (C=N–C) groups is 1. The van der Waals surface area contributed by atoms with Gasteiger partial charge in [0.05, 0.1) is 0 Å². The average Bonchev–Trinajstić information content (AvgIpc) is 2.02. The molecule has 0 aliphatic heterocycles. The van der Waals surface area contributed by atoms with Gasteiger partial charge in [-0.05, 0) is 32.3 Å². The van der Waals surface area contributed by atoms with Crippen molar-refractivity contribution in [2.45, 2.75) is 34.6 Å². The standard InChI is InChI=1S/C9H18N2O/c1-6(2)7(3)8(4)10-9(5)11-12/h6,12H,1-5H3,(H,10,11)/b8-7+. The van der Waals surface area contributed by atoms with Crippen LogP contribution in [0.25, 0.3) is 0 Å². The van der Waals surface area contributed by atoms with Crippen LogP contribution in [0.3, 0.4) is 0 Å². The summed E-state index contributed by atoms with van der Waals surface area (Å²) in [4.78, 5) is 4.15. The van der Waals surface area contributed by atoms with Crippen LogP contribution in [-0.4, -0.2) is 11.0 Å². The molecular weight excluding hydrogens is 152 g/mol. The van der Waals surface area contributed by atoms with Crippen molar-refractivity contribution in [3.8, 4) is 0 Å². The van der Waals surface area contributed by atoms with E-state index in [0.717, 1.165) is 5.70 Å². The van der Waals surface area contributed by atoms with Crippen molar-refractivity contribution in [2.24, 2.45) is 10.9 Å². The summed E-state index contributed by atoms with van der Waals surface area (Å²) in [6.45, 7) is 9.95. The summed E-state index contributed by atoms with van der Waals surface area (Å²) in [6.07, 6.45) is 0. The van der Waals surface area contributed by atoms with Gasteiger partial charge in [-0.1, -0.05) is 13.8 Å². The van der Waals surface area contributed by atoms with Crippen molar-refractivity contribution >= 4 is 5.84 Å². The van der Waals surface area contributed by atoms with E-state index in [1.165, 1.54) is 5.57 Å². The third-order valence-electron chi connectivity index (χ3n) is 1.93. The molecule has 3 heteroatoms. The predicted molar refractivity (Wildman–Crippen MR) is 51.2 cm³/mol. The first-order chi connectivity index (χ1) is 5.49. The van der Waals surface area contributed by atoms with Gasteiger partial charge in [0.1, 0.15) is 5.84 Å². The molecular formula is C9H18N2O. The lowest BCUT2D eigenvalue weighted by atomic mass is 10.0. The predicted octanol–water partition coefficient (Wildman–Crippen LogP) is 2.33. The topological polar surface area (TPSA) is 44.6 Å². The van der Waals surface area contributed by atoms with Gasteiger partial charge >= 0.3 is 0 Å². The molecule has 12 heavy (non-hydrogen) atoms. The third kappa shape index (κ3) is 3.53. The smallest absolute Gasteiger partial charge is 0.122 e. The Morgan fingerprint density at radius 1 is 1.25 bits per heavy atom. The molecule has 0 bridgehead atoms. The van der Waals surface area contributed by atoms with Crippen LogP contribution >= 0.6 is 0 Å². The highest BCUT2D eigenvalue weighted by atomic mass is 16.5. The second-order valence-corrected chi connectivity index (χ2v) is 3.23. The maximum absolute atomic E-state index is 8.50. The van der Waals surface area contributed by atoms with E-state index in [0.29, 0.717) is 11.8 Å². The van der Waals surface area contributed by atoms with Gasteiger partial charge in [0, 0.05) is 5.70 Å². The minimum atomic E-state index is 0.500. The molecule has 70 valence electrons. The quantitative estimate of drug-likeness (QED) is 0.379. The first-order valence-corrected chi connectivity index (χ1v) is 4.11. The SMILES string of the molecule is CC(=N/C(C)=C(\C)C(C)C)NO. The zero-order valence-electron chi connectivity index (χ0n) is 8.47. The molecule has 0 aromatic rings. The molecule has 0 aliphatic carbocycles. The van der Waals surface area contributed by atoms with E-state index in [4.69, 9.17) is 5.21 Å². The highest BCUT2D eigenvalue weighted by molar-refractivity contribution is 5.79. The summed E-state index contributed by atoms with van der Waals surface area (Å²) in [6, 6.07) is 0. The van der Waals surface area contributed by atoms with Crippen LogP contribution in [0.4, 0.5) is 0 Å². The minimum absolute atomic E-state index is 0.500. The van der Waals surface area contributed by atoms with Gasteiger partial charge in [-0.15, -0.1) is 0 Å². The number of nitrogens with one attached hydrogen (secondary N) is 1. The molecule has 0 amide bonds. The molecule has 0 fully saturated rings. The zero-order chi connectivity index (χ0) is 9.72. The minimum Gasteiger partial charge on any atom is -0.290 e. The summed E-state index contributed by atoms with van der Waals surface area (Å²) in [5.74, 6) is 1.02. The molecule has 3 nitrogen and oxygen atoms in total. The van der Waals surface area contributed by atoms with E-state index in [1.54, 1.807) is 6.92 Å². The molecule has 0 unspecified atom stereocenters. The van der Waals surface area contributed by atoms with Gasteiger partial charge in [-0.2, -0.15) is 0 Å². The van der Waals surface area contributed by atoms with E-state index in [-0.39, 0.29) is 0 Å². The summed E-state index contributed by atoms with van der Waals surface area (Å²) in [5, 5.41) is 8.50. The Morgan fingerprint density at radius 2 is 1.75 bits per heavy atom. The van der Waals surface area contributed by atoms with Crippen molar-refractivity contribution in [1.29, 1.82) is 0 Å². The fraction of sp³-hybridized carbons (Fsp3) is 0.667. The lowest BCUT2D eigenvalue weighted by Gasteiger charge is -2.07. The second kappa shape index (κ2) is 4.93. The Morgan fingerprint density at radius 3 is 2.08 bits per heavy atom. The Balaban J connectivity index is 4.57. The Labute approximate surface area is 74.2 Å². The normalized spacial score (nSPS) is 14.8. The van der Waals surface area contributed by atoms with Crippen LogP contribution in [0.2, 0.25) is 0 Å². The summed E-state index contributed by atoms with van der Waals surface area (Å²) >= 11 is 0. The summed E-state index contributed by atoms with van der Waals surface area (Å²) in [5.41, 5.74) is 4.21. The second-order valence-electron chi connectivity index (χ2n) is 3.23. The van der Waals surface area contributed by atoms with E-state index in [2.05, 4.69) is 18.8 Å². The molecule has 0 saturated heterocycles. The van der Waals surface area contributed by atoms with E-state index >= 15 is 0 Å². The molecule has 0 aliphatic rings. The number of hydroxylamine groups is 1. The van der Waals surface area contributed by atoms with Gasteiger partial charge in [-0.25, -0.2) is 4.99 Å². The molecule has 0 saturated carbocycles. The number of hydrogen-bond donors (Lipinski definition) is 2. The number of nitrogens with zero attached hydrogens (tertiary/aromatic N) is 1. The number of allylic oxidation sites excluding steroid dienone is 2. The van der Waals surface area contributed by atoms with Crippen molar-refractivity contribution in [2.75, 3.05) is 0 Å². The molecule has 0 rings (SSSR count). The van der Waals surface area contributed by atoms with Crippen molar-refractivity contribution in [3.05, 3.63) is 11.3 Å². The van der Waals surface area contributed by atoms with Crippen LogP contribution < -0.4 is 5.48 Å². The molecule has 0 aromatic heterocycles. The highest BCUT2D eigenvalue weighted by Gasteiger charge is 2.00. The van der Waals surface area contributed by atoms with Crippen molar-refractivity contribution in [3.63, 3.8) is 0 Å². The zero-order valence-corrected chi connectivity index (χ0v) is 8.47. The van der Waals surface area contributed by atoms with E-state index in [9.17, 15) is 0 Å². The molecule has 0 aromatic carbocycles. The van der Waals surface area contributed by atoms with Crippen LogP contribution in [0, 0.1) is 5.92 Å². The number of hydrogen-bond acceptors (Lipinski definition) is 2. The lowest BCUT2D eigenvalue weighted by molar-refractivity contribution is 0.233. The summed E-state index contributed by atoms with van der Waals surface area (Å²) in [7, 11) is 0. The molecule has 0 spiro atoms. The van der Waals surface area contributed by atoms with Crippen LogP contribution in [0.1, 0.15) is 34.6 Å². The first kappa shape index (κ1) is 11.2. The fourth-order valence-corrected chi connectivity index (χ4v) is 0.783. The fourth-order valence-electron chi connectivity index (χ4n) is 0.783. The van der Waals surface area contributed by atoms with E-state index < -0.39 is 0 Å². The van der Waals surface area contributed by atoms with Gasteiger partial charge in [0.2, 0.25) is 0 Å². The monoisotopic (exact) mass is 170 g/mol. The van der Waals surface area contributed by atoms with Crippen molar-refractivity contribution < 1.29 is 5.21 Å². The van der Waals surface area contributed by atoms with Crippen LogP contribution in [0.5, 0.6) is 0 Å². The molecule has 0 atom stereocenters. The Hall–Kier alpha value is -0.830. The largest absolute Gasteiger partial charge is 0.290 e. The maximum Gasteiger partial charge on any atom is 0.122 e. The average molecular weight is 170 g/mol. The van der Waals surface area contributed by atoms with Gasteiger partial charge < -0.3 is 0 Å². The molecule has 0 heterocycles. The maximum atomic E-state index is 8.50. The summed E-state index contributed by atoms with van der Waals surface area (Å²) < 4.78 is 0. The van der Waals surface area contributed by atoms with Crippen LogP contribution in [0.15, 0.2) is 16.3 Å². The number of rotatable bonds is 2. The first-order valence-electron chi connectivity index (χ1n) is 4.11. The van der Waals surface area contributed by atoms with Crippen molar-refractivity contribution in [1.82, 2.24) is 5.48 Å². The molecule has 2 N–H and O–H groups in total. The van der Waals surface area contributed by atoms with Crippen LogP contribution in [-0.2, 0) is 0 Å². The van der Waals surface area contributed by atoms with Gasteiger partial charge in [-0.3, -0.25) is 10.7 Å². The Bertz CT molecular complexity index is 205. The Kier molecular flexibility index (Phi) is 4.59. The lowest BCUT2D eigenvalue weighted by Crippen LogP contribution is -2.14.